The van der Waals surface area contributed by atoms with E-state index in [1.807, 2.05) is 6.20 Å². The molecule has 0 saturated heterocycles. The van der Waals surface area contributed by atoms with Gasteiger partial charge in [-0.3, -0.25) is 9.67 Å². The van der Waals surface area contributed by atoms with Crippen LogP contribution in [0.25, 0.3) is 10.9 Å². The SMILES string of the molecule is CC1CCC(c2ccc3c(cnn3C(C)C)c2)=NC1.O=C(O)C(F)(F)F. The van der Waals surface area contributed by atoms with E-state index in [-0.39, 0.29) is 0 Å². The molecule has 0 bridgehead atoms. The highest BCUT2D eigenvalue weighted by molar-refractivity contribution is 6.03. The van der Waals surface area contributed by atoms with Gasteiger partial charge in [0.1, 0.15) is 0 Å². The Labute approximate surface area is 149 Å². The molecule has 0 saturated carbocycles. The van der Waals surface area contributed by atoms with E-state index >= 15 is 0 Å². The monoisotopic (exact) mass is 369 g/mol. The summed E-state index contributed by atoms with van der Waals surface area (Å²) in [5.41, 5.74) is 3.74. The lowest BCUT2D eigenvalue weighted by molar-refractivity contribution is -0.192. The first kappa shape index (κ1) is 19.9. The predicted octanol–water partition coefficient (Wildman–Crippen LogP) is 4.47. The smallest absolute Gasteiger partial charge is 0.475 e. The summed E-state index contributed by atoms with van der Waals surface area (Å²) in [5.74, 6) is -2.02. The summed E-state index contributed by atoms with van der Waals surface area (Å²) in [6, 6.07) is 7.00. The normalized spacial score (nSPS) is 17.7. The lowest BCUT2D eigenvalue weighted by Gasteiger charge is -2.17. The highest BCUT2D eigenvalue weighted by Gasteiger charge is 2.38. The van der Waals surface area contributed by atoms with Crippen molar-refractivity contribution in [2.75, 3.05) is 6.54 Å². The predicted molar refractivity (Wildman–Crippen MR) is 93.6 cm³/mol. The summed E-state index contributed by atoms with van der Waals surface area (Å²) < 4.78 is 33.8. The average Bonchev–Trinajstić information content (AvgIpc) is 2.98. The summed E-state index contributed by atoms with van der Waals surface area (Å²) in [6.45, 7) is 7.56. The third kappa shape index (κ3) is 4.83. The van der Waals surface area contributed by atoms with Crippen LogP contribution in [0, 0.1) is 5.92 Å². The van der Waals surface area contributed by atoms with Gasteiger partial charge in [-0.1, -0.05) is 13.0 Å². The first-order valence-corrected chi connectivity index (χ1v) is 8.40. The number of nitrogens with zero attached hydrogens (tertiary/aromatic N) is 3. The third-order valence-electron chi connectivity index (χ3n) is 4.13. The lowest BCUT2D eigenvalue weighted by atomic mass is 9.95. The van der Waals surface area contributed by atoms with Gasteiger partial charge in [0.15, 0.2) is 0 Å². The molecule has 0 fully saturated rings. The van der Waals surface area contributed by atoms with Crippen molar-refractivity contribution in [1.82, 2.24) is 9.78 Å². The second-order valence-electron chi connectivity index (χ2n) is 6.69. The van der Waals surface area contributed by atoms with Crippen molar-refractivity contribution in [2.45, 2.75) is 45.8 Å². The maximum atomic E-state index is 10.6. The van der Waals surface area contributed by atoms with Gasteiger partial charge in [-0.15, -0.1) is 0 Å². The molecule has 0 radical (unpaired) electrons. The summed E-state index contributed by atoms with van der Waals surface area (Å²) >= 11 is 0. The Morgan fingerprint density at radius 2 is 2.00 bits per heavy atom. The van der Waals surface area contributed by atoms with Crippen LogP contribution in [0.5, 0.6) is 0 Å². The summed E-state index contributed by atoms with van der Waals surface area (Å²) in [6.07, 6.45) is -0.766. The Morgan fingerprint density at radius 1 is 1.35 bits per heavy atom. The fraction of sp³-hybridized carbons (Fsp3) is 0.500. The topological polar surface area (TPSA) is 67.5 Å². The van der Waals surface area contributed by atoms with Crippen LogP contribution in [-0.4, -0.2) is 39.3 Å². The van der Waals surface area contributed by atoms with Crippen molar-refractivity contribution < 1.29 is 23.1 Å². The minimum atomic E-state index is -5.08. The Kier molecular flexibility index (Phi) is 6.05. The molecule has 5 nitrogen and oxygen atoms in total. The van der Waals surface area contributed by atoms with E-state index in [4.69, 9.17) is 14.9 Å². The van der Waals surface area contributed by atoms with Crippen LogP contribution in [0.3, 0.4) is 0 Å². The number of halogens is 3. The highest BCUT2D eigenvalue weighted by Crippen LogP contribution is 2.23. The molecule has 1 aliphatic heterocycles. The minimum absolute atomic E-state index is 0.399. The van der Waals surface area contributed by atoms with Gasteiger partial charge >= 0.3 is 12.1 Å². The number of hydrogen-bond donors (Lipinski definition) is 1. The van der Waals surface area contributed by atoms with E-state index in [9.17, 15) is 13.2 Å². The molecule has 0 amide bonds. The maximum absolute atomic E-state index is 10.6. The van der Waals surface area contributed by atoms with Gasteiger partial charge in [-0.25, -0.2) is 4.79 Å². The Balaban J connectivity index is 0.000000298. The number of carboxylic acid groups (broad SMARTS) is 1. The zero-order valence-electron chi connectivity index (χ0n) is 14.9. The van der Waals surface area contributed by atoms with Crippen LogP contribution < -0.4 is 0 Å². The van der Waals surface area contributed by atoms with Crippen molar-refractivity contribution in [3.8, 4) is 0 Å². The van der Waals surface area contributed by atoms with E-state index in [2.05, 4.69) is 48.8 Å². The van der Waals surface area contributed by atoms with Crippen molar-refractivity contribution >= 4 is 22.6 Å². The van der Waals surface area contributed by atoms with E-state index in [1.165, 1.54) is 28.6 Å². The molecule has 142 valence electrons. The van der Waals surface area contributed by atoms with E-state index < -0.39 is 12.1 Å². The second-order valence-corrected chi connectivity index (χ2v) is 6.69. The molecule has 26 heavy (non-hydrogen) atoms. The van der Waals surface area contributed by atoms with Gasteiger partial charge in [0, 0.05) is 23.7 Å². The van der Waals surface area contributed by atoms with Gasteiger partial charge in [-0.05, 0) is 50.3 Å². The van der Waals surface area contributed by atoms with Gasteiger partial charge in [0.2, 0.25) is 0 Å². The number of hydrogen-bond acceptors (Lipinski definition) is 3. The first-order valence-electron chi connectivity index (χ1n) is 8.40. The Bertz CT molecular complexity index is 810. The molecule has 1 atom stereocenters. The summed E-state index contributed by atoms with van der Waals surface area (Å²) in [7, 11) is 0. The highest BCUT2D eigenvalue weighted by atomic mass is 19.4. The number of carbonyl (C=O) groups is 1. The molecule has 1 N–H and O–H groups in total. The van der Waals surface area contributed by atoms with Crippen LogP contribution in [-0.2, 0) is 4.79 Å². The van der Waals surface area contributed by atoms with Gasteiger partial charge in [-0.2, -0.15) is 18.3 Å². The van der Waals surface area contributed by atoms with Crippen molar-refractivity contribution in [1.29, 1.82) is 0 Å². The molecule has 2 aromatic rings. The van der Waals surface area contributed by atoms with E-state index in [1.54, 1.807) is 0 Å². The number of alkyl halides is 3. The Hall–Kier alpha value is -2.38. The molecule has 1 aromatic carbocycles. The fourth-order valence-corrected chi connectivity index (χ4v) is 2.70. The van der Waals surface area contributed by atoms with E-state index in [0.29, 0.717) is 6.04 Å². The molecule has 0 spiro atoms. The van der Waals surface area contributed by atoms with Crippen molar-refractivity contribution in [3.63, 3.8) is 0 Å². The minimum Gasteiger partial charge on any atom is -0.475 e. The van der Waals surface area contributed by atoms with Gasteiger partial charge in [0.05, 0.1) is 11.7 Å². The number of carboxylic acids is 1. The lowest BCUT2D eigenvalue weighted by Crippen LogP contribution is -2.21. The quantitative estimate of drug-likeness (QED) is 0.849. The number of rotatable bonds is 2. The Morgan fingerprint density at radius 3 is 2.50 bits per heavy atom. The van der Waals surface area contributed by atoms with Gasteiger partial charge in [0.25, 0.3) is 0 Å². The van der Waals surface area contributed by atoms with Crippen molar-refractivity contribution in [2.24, 2.45) is 10.9 Å². The molecule has 1 aromatic heterocycles. The molecule has 1 unspecified atom stereocenters. The number of benzene rings is 1. The zero-order chi connectivity index (χ0) is 19.5. The second kappa shape index (κ2) is 7.88. The molecule has 1 aliphatic rings. The van der Waals surface area contributed by atoms with Gasteiger partial charge < -0.3 is 5.11 Å². The number of aliphatic carboxylic acids is 1. The van der Waals surface area contributed by atoms with Crippen molar-refractivity contribution in [3.05, 3.63) is 30.0 Å². The molecule has 0 aliphatic carbocycles. The first-order chi connectivity index (χ1) is 12.1. The number of aromatic nitrogens is 2. The van der Waals surface area contributed by atoms with E-state index in [0.717, 1.165) is 18.9 Å². The molecular formula is C18H22F3N3O2. The standard InChI is InChI=1S/C16H21N3.C2HF3O2/c1-11(2)19-16-7-5-13(8-14(16)10-18-19)15-6-4-12(3)9-17-15;3-2(4,5)1(6)7/h5,7-8,10-12H,4,6,9H2,1-3H3;(H,6,7). The molecule has 3 rings (SSSR count). The third-order valence-corrected chi connectivity index (χ3v) is 4.13. The number of fused-ring (bicyclic) bond motifs is 1. The zero-order valence-corrected chi connectivity index (χ0v) is 14.9. The number of aliphatic imine (C=N–C) groups is 1. The average molecular weight is 369 g/mol. The van der Waals surface area contributed by atoms with Crippen LogP contribution in [0.1, 0.15) is 45.2 Å². The van der Waals surface area contributed by atoms with Crippen LogP contribution in [0.2, 0.25) is 0 Å². The summed E-state index contributed by atoms with van der Waals surface area (Å²) in [5, 5.41) is 12.8. The summed E-state index contributed by atoms with van der Waals surface area (Å²) in [4.78, 5) is 13.6. The fourth-order valence-electron chi connectivity index (χ4n) is 2.70. The molecule has 2 heterocycles. The maximum Gasteiger partial charge on any atom is 0.490 e. The van der Waals surface area contributed by atoms with Crippen LogP contribution >= 0.6 is 0 Å². The molecule has 8 heteroatoms. The largest absolute Gasteiger partial charge is 0.490 e. The van der Waals surface area contributed by atoms with Crippen LogP contribution in [0.4, 0.5) is 13.2 Å². The van der Waals surface area contributed by atoms with Crippen LogP contribution in [0.15, 0.2) is 29.4 Å². The molecular weight excluding hydrogens is 347 g/mol.